The van der Waals surface area contributed by atoms with Crippen LogP contribution < -0.4 is 0 Å². The number of para-hydroxylation sites is 1. The molecule has 0 radical (unpaired) electrons. The van der Waals surface area contributed by atoms with E-state index in [1.807, 2.05) is 19.1 Å². The number of aliphatic hydroxyl groups is 1. The summed E-state index contributed by atoms with van der Waals surface area (Å²) in [7, 11) is 0. The summed E-state index contributed by atoms with van der Waals surface area (Å²) in [6, 6.07) is 7.28. The quantitative estimate of drug-likeness (QED) is 0.878. The number of hydrogen-bond acceptors (Lipinski definition) is 4. The van der Waals surface area contributed by atoms with Gasteiger partial charge in [0.15, 0.2) is 0 Å². The molecule has 1 aliphatic heterocycles. The van der Waals surface area contributed by atoms with Crippen LogP contribution in [0.1, 0.15) is 41.8 Å². The fourth-order valence-electron chi connectivity index (χ4n) is 4.12. The van der Waals surface area contributed by atoms with Gasteiger partial charge >= 0.3 is 5.97 Å². The molecule has 0 unspecified atom stereocenters. The van der Waals surface area contributed by atoms with Gasteiger partial charge in [0.2, 0.25) is 0 Å². The molecule has 6 heteroatoms. The van der Waals surface area contributed by atoms with Gasteiger partial charge in [0.1, 0.15) is 16.8 Å². The average Bonchev–Trinajstić information content (AvgIpc) is 3.33. The van der Waals surface area contributed by atoms with E-state index in [1.54, 1.807) is 17.0 Å². The van der Waals surface area contributed by atoms with Gasteiger partial charge in [-0.1, -0.05) is 25.0 Å². The molecule has 2 heterocycles. The van der Waals surface area contributed by atoms with E-state index in [-0.39, 0.29) is 18.9 Å². The smallest absolute Gasteiger partial charge is 0.314 e. The Balaban J connectivity index is 1.66. The number of fused-ring (bicyclic) bond motifs is 1. The number of carboxylic acids is 1. The van der Waals surface area contributed by atoms with Crippen molar-refractivity contribution in [2.45, 2.75) is 38.7 Å². The monoisotopic (exact) mass is 357 g/mol. The molecule has 2 fully saturated rings. The molecule has 2 N–H and O–H groups in total. The lowest BCUT2D eigenvalue weighted by Crippen LogP contribution is -2.57. The highest BCUT2D eigenvalue weighted by molar-refractivity contribution is 6.05. The Kier molecular flexibility index (Phi) is 4.03. The molecule has 4 rings (SSSR count). The second-order valence-electron chi connectivity index (χ2n) is 7.72. The van der Waals surface area contributed by atoms with Crippen LogP contribution in [0, 0.1) is 18.3 Å². The van der Waals surface area contributed by atoms with E-state index in [4.69, 9.17) is 4.42 Å². The minimum atomic E-state index is -1.28. The molecule has 1 saturated heterocycles. The molecule has 6 nitrogen and oxygen atoms in total. The second kappa shape index (κ2) is 6.13. The Hall–Kier alpha value is -2.34. The number of aryl methyl sites for hydroxylation is 1. The maximum atomic E-state index is 13.1. The maximum Gasteiger partial charge on any atom is 0.314 e. The summed E-state index contributed by atoms with van der Waals surface area (Å²) in [6.45, 7) is 2.21. The number of nitrogens with zero attached hydrogens (tertiary/aromatic N) is 1. The Labute approximate surface area is 151 Å². The molecule has 1 amide bonds. The molecule has 1 aromatic heterocycles. The van der Waals surface area contributed by atoms with Crippen LogP contribution in [-0.4, -0.2) is 46.2 Å². The number of piperidine rings is 1. The number of amides is 1. The van der Waals surface area contributed by atoms with Gasteiger partial charge in [-0.25, -0.2) is 0 Å². The standard InChI is InChI=1S/C20H23NO5/c1-12-9-14-3-2-4-15(17(14)26-12)18(23)21-8-7-16(22)20(11-21,19(24)25)10-13-5-6-13/h2-4,9,13,16,22H,5-8,10-11H2,1H3,(H,24,25)/t16-,20-/m1/s1. The van der Waals surface area contributed by atoms with Crippen LogP contribution in [0.3, 0.4) is 0 Å². The first-order chi connectivity index (χ1) is 12.4. The summed E-state index contributed by atoms with van der Waals surface area (Å²) in [5.41, 5.74) is -0.302. The Morgan fingerprint density at radius 3 is 2.77 bits per heavy atom. The van der Waals surface area contributed by atoms with Crippen molar-refractivity contribution < 1.29 is 24.2 Å². The van der Waals surface area contributed by atoms with E-state index in [9.17, 15) is 19.8 Å². The van der Waals surface area contributed by atoms with E-state index >= 15 is 0 Å². The van der Waals surface area contributed by atoms with Crippen molar-refractivity contribution in [2.75, 3.05) is 13.1 Å². The summed E-state index contributed by atoms with van der Waals surface area (Å²) < 4.78 is 5.69. The zero-order chi connectivity index (χ0) is 18.5. The van der Waals surface area contributed by atoms with Crippen molar-refractivity contribution in [3.8, 4) is 0 Å². The van der Waals surface area contributed by atoms with Gasteiger partial charge in [-0.3, -0.25) is 9.59 Å². The third-order valence-corrected chi connectivity index (χ3v) is 5.74. The number of furan rings is 1. The minimum absolute atomic E-state index is 0.0366. The summed E-state index contributed by atoms with van der Waals surface area (Å²) in [4.78, 5) is 26.8. The second-order valence-corrected chi connectivity index (χ2v) is 7.72. The number of likely N-dealkylation sites (tertiary alicyclic amines) is 1. The van der Waals surface area contributed by atoms with Gasteiger partial charge < -0.3 is 19.5 Å². The Morgan fingerprint density at radius 1 is 1.31 bits per heavy atom. The van der Waals surface area contributed by atoms with E-state index in [0.29, 0.717) is 30.0 Å². The van der Waals surface area contributed by atoms with E-state index in [1.165, 1.54) is 0 Å². The fourth-order valence-corrected chi connectivity index (χ4v) is 4.12. The number of aliphatic hydroxyl groups excluding tert-OH is 1. The predicted molar refractivity (Wildman–Crippen MR) is 94.9 cm³/mol. The number of carboxylic acid groups (broad SMARTS) is 1. The van der Waals surface area contributed by atoms with Crippen LogP contribution in [0.4, 0.5) is 0 Å². The van der Waals surface area contributed by atoms with E-state index < -0.39 is 17.5 Å². The number of aliphatic carboxylic acids is 1. The third kappa shape index (κ3) is 2.78. The van der Waals surface area contributed by atoms with Crippen LogP contribution >= 0.6 is 0 Å². The predicted octanol–water partition coefficient (Wildman–Crippen LogP) is 2.82. The van der Waals surface area contributed by atoms with Crippen LogP contribution in [0.15, 0.2) is 28.7 Å². The maximum absolute atomic E-state index is 13.1. The van der Waals surface area contributed by atoms with Crippen molar-refractivity contribution in [2.24, 2.45) is 11.3 Å². The molecule has 1 aromatic carbocycles. The molecule has 0 spiro atoms. The Bertz CT molecular complexity index is 868. The highest BCUT2D eigenvalue weighted by Crippen LogP contribution is 2.45. The van der Waals surface area contributed by atoms with Crippen molar-refractivity contribution in [1.82, 2.24) is 4.90 Å². The minimum Gasteiger partial charge on any atom is -0.481 e. The van der Waals surface area contributed by atoms with E-state index in [0.717, 1.165) is 24.0 Å². The summed E-state index contributed by atoms with van der Waals surface area (Å²) >= 11 is 0. The molecule has 1 saturated carbocycles. The van der Waals surface area contributed by atoms with Crippen molar-refractivity contribution >= 4 is 22.8 Å². The average molecular weight is 357 g/mol. The first-order valence-electron chi connectivity index (χ1n) is 9.10. The number of benzene rings is 1. The number of hydrogen-bond donors (Lipinski definition) is 2. The van der Waals surface area contributed by atoms with Gasteiger partial charge in [0.05, 0.1) is 11.7 Å². The van der Waals surface area contributed by atoms with Gasteiger partial charge in [-0.2, -0.15) is 0 Å². The molecule has 138 valence electrons. The third-order valence-electron chi connectivity index (χ3n) is 5.74. The van der Waals surface area contributed by atoms with Gasteiger partial charge in [0.25, 0.3) is 5.91 Å². The fraction of sp³-hybridized carbons (Fsp3) is 0.500. The summed E-state index contributed by atoms with van der Waals surface area (Å²) in [6.07, 6.45) is 1.78. The molecule has 26 heavy (non-hydrogen) atoms. The first kappa shape index (κ1) is 17.1. The van der Waals surface area contributed by atoms with Crippen LogP contribution in [0.2, 0.25) is 0 Å². The summed E-state index contributed by atoms with van der Waals surface area (Å²) in [5.74, 6) is -0.186. The van der Waals surface area contributed by atoms with Crippen LogP contribution in [-0.2, 0) is 4.79 Å². The van der Waals surface area contributed by atoms with E-state index in [2.05, 4.69) is 0 Å². The van der Waals surface area contributed by atoms with Crippen molar-refractivity contribution in [3.63, 3.8) is 0 Å². The zero-order valence-corrected chi connectivity index (χ0v) is 14.8. The Morgan fingerprint density at radius 2 is 2.08 bits per heavy atom. The molecule has 0 bridgehead atoms. The largest absolute Gasteiger partial charge is 0.481 e. The molecule has 1 aliphatic carbocycles. The van der Waals surface area contributed by atoms with Gasteiger partial charge in [-0.05, 0) is 37.8 Å². The molecular formula is C20H23NO5. The molecular weight excluding hydrogens is 334 g/mol. The summed E-state index contributed by atoms with van der Waals surface area (Å²) in [5, 5.41) is 21.2. The number of carbonyl (C=O) groups excluding carboxylic acids is 1. The topological polar surface area (TPSA) is 91.0 Å². The highest BCUT2D eigenvalue weighted by Gasteiger charge is 2.52. The number of carbonyl (C=O) groups is 2. The first-order valence-corrected chi connectivity index (χ1v) is 9.10. The lowest BCUT2D eigenvalue weighted by atomic mass is 9.73. The zero-order valence-electron chi connectivity index (χ0n) is 14.8. The van der Waals surface area contributed by atoms with Gasteiger partial charge in [0, 0.05) is 18.5 Å². The molecule has 2 atom stereocenters. The van der Waals surface area contributed by atoms with Gasteiger partial charge in [-0.15, -0.1) is 0 Å². The molecule has 2 aliphatic rings. The highest BCUT2D eigenvalue weighted by atomic mass is 16.4. The van der Waals surface area contributed by atoms with Crippen molar-refractivity contribution in [3.05, 3.63) is 35.6 Å². The van der Waals surface area contributed by atoms with Crippen molar-refractivity contribution in [1.29, 1.82) is 0 Å². The molecule has 2 aromatic rings. The van der Waals surface area contributed by atoms with Crippen LogP contribution in [0.25, 0.3) is 11.0 Å². The lowest BCUT2D eigenvalue weighted by Gasteiger charge is -2.43. The number of rotatable bonds is 4. The lowest BCUT2D eigenvalue weighted by molar-refractivity contribution is -0.163. The van der Waals surface area contributed by atoms with Crippen LogP contribution in [0.5, 0.6) is 0 Å². The SMILES string of the molecule is Cc1cc2cccc(C(=O)N3CC[C@@H](O)[C@](CC4CC4)(C(=O)O)C3)c2o1. The normalized spacial score (nSPS) is 26.2.